The highest BCUT2D eigenvalue weighted by Gasteiger charge is 2.24. The van der Waals surface area contributed by atoms with E-state index < -0.39 is 5.91 Å². The van der Waals surface area contributed by atoms with Crippen LogP contribution in [0.3, 0.4) is 0 Å². The number of benzene rings is 1. The number of amides is 1. The number of nitrogen functional groups attached to an aromatic ring is 1. The predicted octanol–water partition coefficient (Wildman–Crippen LogP) is 0.981. The van der Waals surface area contributed by atoms with Crippen LogP contribution in [0.4, 0.5) is 11.4 Å². The van der Waals surface area contributed by atoms with Gasteiger partial charge in [0.1, 0.15) is 0 Å². The number of rotatable bonds is 2. The molecule has 1 aromatic carbocycles. The maximum Gasteiger partial charge on any atom is 0.248 e. The van der Waals surface area contributed by atoms with Crippen LogP contribution in [-0.2, 0) is 4.74 Å². The van der Waals surface area contributed by atoms with Gasteiger partial charge >= 0.3 is 0 Å². The van der Waals surface area contributed by atoms with Crippen LogP contribution in [0.2, 0.25) is 0 Å². The number of nitrogens with zero attached hydrogens (tertiary/aromatic N) is 1. The van der Waals surface area contributed by atoms with E-state index in [0.29, 0.717) is 11.3 Å². The van der Waals surface area contributed by atoms with Crippen LogP contribution in [0.1, 0.15) is 24.2 Å². The third kappa shape index (κ3) is 2.56. The van der Waals surface area contributed by atoms with Crippen molar-refractivity contribution in [2.24, 2.45) is 5.73 Å². The van der Waals surface area contributed by atoms with Crippen molar-refractivity contribution in [2.75, 3.05) is 23.7 Å². The van der Waals surface area contributed by atoms with E-state index in [-0.39, 0.29) is 12.2 Å². The largest absolute Gasteiger partial charge is 0.397 e. The molecule has 5 heteroatoms. The predicted molar refractivity (Wildman–Crippen MR) is 71.6 cm³/mol. The van der Waals surface area contributed by atoms with E-state index in [1.807, 2.05) is 13.8 Å². The highest BCUT2D eigenvalue weighted by atomic mass is 16.5. The fraction of sp³-hybridized carbons (Fsp3) is 0.462. The van der Waals surface area contributed by atoms with E-state index in [9.17, 15) is 4.79 Å². The molecule has 0 bridgehead atoms. The lowest BCUT2D eigenvalue weighted by Crippen LogP contribution is -2.45. The molecule has 18 heavy (non-hydrogen) atoms. The number of hydrogen-bond donors (Lipinski definition) is 2. The van der Waals surface area contributed by atoms with Crippen LogP contribution in [0.25, 0.3) is 0 Å². The van der Waals surface area contributed by atoms with E-state index in [1.165, 1.54) is 0 Å². The molecule has 0 saturated carbocycles. The zero-order valence-corrected chi connectivity index (χ0v) is 10.7. The quantitative estimate of drug-likeness (QED) is 0.765. The summed E-state index contributed by atoms with van der Waals surface area (Å²) >= 11 is 0. The molecule has 2 rings (SSSR count). The van der Waals surface area contributed by atoms with E-state index in [4.69, 9.17) is 16.2 Å². The first-order valence-electron chi connectivity index (χ1n) is 6.07. The van der Waals surface area contributed by atoms with Crippen LogP contribution in [0.15, 0.2) is 18.2 Å². The standard InChI is InChI=1S/C13H19N3O2/c1-8-6-16(7-9(2)18-8)12-5-10(13(15)17)3-4-11(12)14/h3-5,8-9H,6-7,14H2,1-2H3,(H2,15,17). The van der Waals surface area contributed by atoms with E-state index in [0.717, 1.165) is 18.8 Å². The van der Waals surface area contributed by atoms with Gasteiger partial charge in [0.05, 0.1) is 23.6 Å². The first-order chi connectivity index (χ1) is 8.47. The Bertz CT molecular complexity index is 452. The molecule has 98 valence electrons. The van der Waals surface area contributed by atoms with Gasteiger partial charge in [0.25, 0.3) is 0 Å². The van der Waals surface area contributed by atoms with Crippen molar-refractivity contribution in [2.45, 2.75) is 26.1 Å². The Balaban J connectivity index is 2.31. The van der Waals surface area contributed by atoms with Gasteiger partial charge in [0.15, 0.2) is 0 Å². The van der Waals surface area contributed by atoms with Crippen LogP contribution in [-0.4, -0.2) is 31.2 Å². The number of carbonyl (C=O) groups excluding carboxylic acids is 1. The summed E-state index contributed by atoms with van der Waals surface area (Å²) in [5.41, 5.74) is 13.3. The van der Waals surface area contributed by atoms with Crippen molar-refractivity contribution in [3.8, 4) is 0 Å². The number of primary amides is 1. The molecule has 1 fully saturated rings. The maximum atomic E-state index is 11.2. The van der Waals surface area contributed by atoms with Gasteiger partial charge in [0, 0.05) is 18.7 Å². The molecule has 5 nitrogen and oxygen atoms in total. The van der Waals surface area contributed by atoms with E-state index >= 15 is 0 Å². The zero-order valence-electron chi connectivity index (χ0n) is 10.7. The van der Waals surface area contributed by atoms with Crippen molar-refractivity contribution < 1.29 is 9.53 Å². The van der Waals surface area contributed by atoms with Gasteiger partial charge in [-0.2, -0.15) is 0 Å². The number of hydrogen-bond acceptors (Lipinski definition) is 4. The van der Waals surface area contributed by atoms with Crippen LogP contribution in [0.5, 0.6) is 0 Å². The average molecular weight is 249 g/mol. The minimum atomic E-state index is -0.439. The van der Waals surface area contributed by atoms with Gasteiger partial charge in [-0.15, -0.1) is 0 Å². The summed E-state index contributed by atoms with van der Waals surface area (Å²) in [4.78, 5) is 13.4. The highest BCUT2D eigenvalue weighted by molar-refractivity contribution is 5.95. The molecule has 4 N–H and O–H groups in total. The topological polar surface area (TPSA) is 81.6 Å². The molecule has 1 saturated heterocycles. The summed E-state index contributed by atoms with van der Waals surface area (Å²) in [5, 5.41) is 0. The minimum Gasteiger partial charge on any atom is -0.397 e. The second-order valence-electron chi connectivity index (χ2n) is 4.80. The number of morpholine rings is 1. The summed E-state index contributed by atoms with van der Waals surface area (Å²) in [6, 6.07) is 5.12. The zero-order chi connectivity index (χ0) is 13.3. The second-order valence-corrected chi connectivity index (χ2v) is 4.80. The Morgan fingerprint density at radius 1 is 1.33 bits per heavy atom. The fourth-order valence-corrected chi connectivity index (χ4v) is 2.35. The lowest BCUT2D eigenvalue weighted by molar-refractivity contribution is -0.00517. The number of ether oxygens (including phenoxy) is 1. The summed E-state index contributed by atoms with van der Waals surface area (Å²) in [6.45, 7) is 5.57. The van der Waals surface area contributed by atoms with Gasteiger partial charge in [-0.25, -0.2) is 0 Å². The summed E-state index contributed by atoms with van der Waals surface area (Å²) in [6.07, 6.45) is 0.288. The Morgan fingerprint density at radius 2 is 1.94 bits per heavy atom. The number of nitrogens with two attached hydrogens (primary N) is 2. The molecule has 2 unspecified atom stereocenters. The van der Waals surface area contributed by atoms with Gasteiger partial charge in [-0.1, -0.05) is 0 Å². The fourth-order valence-electron chi connectivity index (χ4n) is 2.35. The highest BCUT2D eigenvalue weighted by Crippen LogP contribution is 2.27. The molecular weight excluding hydrogens is 230 g/mol. The smallest absolute Gasteiger partial charge is 0.248 e. The minimum absolute atomic E-state index is 0.144. The monoisotopic (exact) mass is 249 g/mol. The molecule has 0 radical (unpaired) electrons. The summed E-state index contributed by atoms with van der Waals surface area (Å²) in [5.74, 6) is -0.439. The molecule has 1 aliphatic rings. The third-order valence-electron chi connectivity index (χ3n) is 3.08. The third-order valence-corrected chi connectivity index (χ3v) is 3.08. The van der Waals surface area contributed by atoms with Gasteiger partial charge in [-0.05, 0) is 32.0 Å². The molecular formula is C13H19N3O2. The van der Waals surface area contributed by atoms with Crippen LogP contribution >= 0.6 is 0 Å². The molecule has 1 heterocycles. The maximum absolute atomic E-state index is 11.2. The van der Waals surface area contributed by atoms with Crippen molar-refractivity contribution in [1.82, 2.24) is 0 Å². The molecule has 0 spiro atoms. The Morgan fingerprint density at radius 3 is 2.50 bits per heavy atom. The van der Waals surface area contributed by atoms with Crippen molar-refractivity contribution >= 4 is 17.3 Å². The molecule has 1 aliphatic heterocycles. The molecule has 1 aromatic rings. The van der Waals surface area contributed by atoms with E-state index in [2.05, 4.69) is 4.90 Å². The van der Waals surface area contributed by atoms with Crippen molar-refractivity contribution in [3.63, 3.8) is 0 Å². The molecule has 0 aliphatic carbocycles. The Hall–Kier alpha value is -1.75. The van der Waals surface area contributed by atoms with Crippen molar-refractivity contribution in [3.05, 3.63) is 23.8 Å². The van der Waals surface area contributed by atoms with Crippen molar-refractivity contribution in [1.29, 1.82) is 0 Å². The van der Waals surface area contributed by atoms with Crippen LogP contribution in [0, 0.1) is 0 Å². The Kier molecular flexibility index (Phi) is 3.43. The molecule has 1 amide bonds. The lowest BCUT2D eigenvalue weighted by Gasteiger charge is -2.37. The first kappa shape index (κ1) is 12.7. The number of carbonyl (C=O) groups is 1. The van der Waals surface area contributed by atoms with Crippen LogP contribution < -0.4 is 16.4 Å². The van der Waals surface area contributed by atoms with E-state index in [1.54, 1.807) is 18.2 Å². The van der Waals surface area contributed by atoms with Gasteiger partial charge in [-0.3, -0.25) is 4.79 Å². The summed E-state index contributed by atoms with van der Waals surface area (Å²) < 4.78 is 5.68. The second kappa shape index (κ2) is 4.86. The first-order valence-corrected chi connectivity index (χ1v) is 6.07. The number of anilines is 2. The normalized spacial score (nSPS) is 24.0. The van der Waals surface area contributed by atoms with Gasteiger partial charge < -0.3 is 21.1 Å². The van der Waals surface area contributed by atoms with Gasteiger partial charge in [0.2, 0.25) is 5.91 Å². The Labute approximate surface area is 107 Å². The lowest BCUT2D eigenvalue weighted by atomic mass is 10.1. The molecule has 0 aromatic heterocycles. The molecule has 2 atom stereocenters. The average Bonchev–Trinajstić information content (AvgIpc) is 2.27. The summed E-state index contributed by atoms with van der Waals surface area (Å²) in [7, 11) is 0. The SMILES string of the molecule is CC1CN(c2cc(C(N)=O)ccc2N)CC(C)O1.